The summed E-state index contributed by atoms with van der Waals surface area (Å²) in [5, 5.41) is 0. The quantitative estimate of drug-likeness (QED) is 0.739. The number of hydrogen-bond donors (Lipinski definition) is 0. The summed E-state index contributed by atoms with van der Waals surface area (Å²) in [7, 11) is 0. The van der Waals surface area contributed by atoms with Crippen LogP contribution in [0.3, 0.4) is 0 Å². The van der Waals surface area contributed by atoms with Gasteiger partial charge in [0.15, 0.2) is 0 Å². The number of anilines is 1. The van der Waals surface area contributed by atoms with Crippen LogP contribution >= 0.6 is 31.9 Å². The van der Waals surface area contributed by atoms with E-state index in [1.807, 2.05) is 0 Å². The summed E-state index contributed by atoms with van der Waals surface area (Å²) >= 11 is 7.04. The molecule has 0 bridgehead atoms. The lowest BCUT2D eigenvalue weighted by Gasteiger charge is -2.36. The van der Waals surface area contributed by atoms with Gasteiger partial charge < -0.3 is 4.90 Å². The minimum absolute atomic E-state index is 0.458. The van der Waals surface area contributed by atoms with E-state index in [-0.39, 0.29) is 0 Å². The zero-order chi connectivity index (χ0) is 10.8. The fourth-order valence-corrected chi connectivity index (χ4v) is 2.65. The molecule has 0 radical (unpaired) electrons. The number of nitrogens with zero attached hydrogens (tertiary/aromatic N) is 3. The van der Waals surface area contributed by atoms with Crippen LogP contribution in [0.5, 0.6) is 0 Å². The molecule has 3 nitrogen and oxygen atoms in total. The molecule has 1 aromatic heterocycles. The summed E-state index contributed by atoms with van der Waals surface area (Å²) in [4.78, 5) is 11.5. The van der Waals surface area contributed by atoms with E-state index in [9.17, 15) is 0 Å². The van der Waals surface area contributed by atoms with Crippen LogP contribution in [0.25, 0.3) is 0 Å². The second-order valence-electron chi connectivity index (χ2n) is 3.79. The molecule has 82 valence electrons. The molecular weight excluding hydrogens is 322 g/mol. The Morgan fingerprint density at radius 1 is 1.40 bits per heavy atom. The molecule has 0 amide bonds. The van der Waals surface area contributed by atoms with Gasteiger partial charge >= 0.3 is 0 Å². The van der Waals surface area contributed by atoms with Gasteiger partial charge in [-0.3, -0.25) is 0 Å². The van der Waals surface area contributed by atoms with Crippen molar-refractivity contribution in [2.75, 3.05) is 11.4 Å². The molecule has 2 unspecified atom stereocenters. The molecule has 2 heterocycles. The molecule has 1 aromatic rings. The first kappa shape index (κ1) is 11.3. The van der Waals surface area contributed by atoms with Crippen LogP contribution in [0.2, 0.25) is 0 Å². The molecule has 2 rings (SSSR count). The maximum absolute atomic E-state index is 4.33. The normalized spacial score (nSPS) is 26.7. The van der Waals surface area contributed by atoms with Crippen molar-refractivity contribution >= 4 is 37.8 Å². The van der Waals surface area contributed by atoms with E-state index in [0.717, 1.165) is 17.0 Å². The van der Waals surface area contributed by atoms with Gasteiger partial charge in [0, 0.05) is 29.8 Å². The lowest BCUT2D eigenvalue weighted by molar-refractivity contribution is 0.494. The predicted octanol–water partition coefficient (Wildman–Crippen LogP) is 2.99. The smallest absolute Gasteiger partial charge is 0.225 e. The molecule has 0 spiro atoms. The van der Waals surface area contributed by atoms with E-state index in [1.54, 1.807) is 12.4 Å². The lowest BCUT2D eigenvalue weighted by Crippen LogP contribution is -2.44. The number of piperidine rings is 1. The van der Waals surface area contributed by atoms with Gasteiger partial charge in [-0.05, 0) is 35.7 Å². The SMILES string of the molecule is CC1C(Br)CCCN1c1ncc(Br)cn1. The molecule has 15 heavy (non-hydrogen) atoms. The van der Waals surface area contributed by atoms with Crippen LogP contribution in [0.15, 0.2) is 16.9 Å². The second-order valence-corrected chi connectivity index (χ2v) is 5.89. The highest BCUT2D eigenvalue weighted by atomic mass is 79.9. The Hall–Kier alpha value is -0.160. The Labute approximate surface area is 107 Å². The highest BCUT2D eigenvalue weighted by Crippen LogP contribution is 2.26. The van der Waals surface area contributed by atoms with Crippen LogP contribution in [-0.4, -0.2) is 27.4 Å². The predicted molar refractivity (Wildman–Crippen MR) is 68.5 cm³/mol. The molecular formula is C10H13Br2N3. The highest BCUT2D eigenvalue weighted by molar-refractivity contribution is 9.10. The first-order valence-corrected chi connectivity index (χ1v) is 6.77. The Bertz CT molecular complexity index is 328. The van der Waals surface area contributed by atoms with Crippen LogP contribution in [-0.2, 0) is 0 Å². The number of alkyl halides is 1. The Balaban J connectivity index is 2.18. The number of aromatic nitrogens is 2. The minimum atomic E-state index is 0.458. The topological polar surface area (TPSA) is 29.0 Å². The number of halogens is 2. The van der Waals surface area contributed by atoms with E-state index < -0.39 is 0 Å². The summed E-state index contributed by atoms with van der Waals surface area (Å²) in [5.41, 5.74) is 0. The van der Waals surface area contributed by atoms with Crippen LogP contribution in [0, 0.1) is 0 Å². The van der Waals surface area contributed by atoms with E-state index >= 15 is 0 Å². The maximum Gasteiger partial charge on any atom is 0.225 e. The van der Waals surface area contributed by atoms with Crippen molar-refractivity contribution in [3.05, 3.63) is 16.9 Å². The van der Waals surface area contributed by atoms with E-state index in [1.165, 1.54) is 12.8 Å². The minimum Gasteiger partial charge on any atom is -0.337 e. The molecule has 1 saturated heterocycles. The van der Waals surface area contributed by atoms with Gasteiger partial charge in [-0.1, -0.05) is 15.9 Å². The van der Waals surface area contributed by atoms with Crippen LogP contribution in [0.1, 0.15) is 19.8 Å². The van der Waals surface area contributed by atoms with Gasteiger partial charge in [-0.15, -0.1) is 0 Å². The Morgan fingerprint density at radius 2 is 2.07 bits per heavy atom. The second kappa shape index (κ2) is 4.78. The van der Waals surface area contributed by atoms with E-state index in [2.05, 4.69) is 53.7 Å². The molecule has 2 atom stereocenters. The zero-order valence-corrected chi connectivity index (χ0v) is 11.7. The summed E-state index contributed by atoms with van der Waals surface area (Å²) in [6, 6.07) is 0.458. The number of hydrogen-bond acceptors (Lipinski definition) is 3. The molecule has 1 aliphatic heterocycles. The number of rotatable bonds is 1. The van der Waals surface area contributed by atoms with Gasteiger partial charge in [-0.25, -0.2) is 9.97 Å². The first-order valence-electron chi connectivity index (χ1n) is 5.07. The summed E-state index contributed by atoms with van der Waals surface area (Å²) in [6.07, 6.45) is 6.02. The molecule has 0 aromatic carbocycles. The summed E-state index contributed by atoms with van der Waals surface area (Å²) in [5.74, 6) is 0.829. The summed E-state index contributed by atoms with van der Waals surface area (Å²) in [6.45, 7) is 3.26. The van der Waals surface area contributed by atoms with Gasteiger partial charge in [0.25, 0.3) is 0 Å². The Kier molecular flexibility index (Phi) is 3.61. The zero-order valence-electron chi connectivity index (χ0n) is 8.53. The van der Waals surface area contributed by atoms with Gasteiger partial charge in [0.1, 0.15) is 0 Å². The third-order valence-corrected chi connectivity index (χ3v) is 4.39. The van der Waals surface area contributed by atoms with Crippen molar-refractivity contribution in [2.24, 2.45) is 0 Å². The fraction of sp³-hybridized carbons (Fsp3) is 0.600. The first-order chi connectivity index (χ1) is 7.18. The lowest BCUT2D eigenvalue weighted by atomic mass is 10.0. The van der Waals surface area contributed by atoms with Crippen molar-refractivity contribution in [1.82, 2.24) is 9.97 Å². The van der Waals surface area contributed by atoms with Crippen molar-refractivity contribution < 1.29 is 0 Å². The summed E-state index contributed by atoms with van der Waals surface area (Å²) < 4.78 is 0.923. The standard InChI is InChI=1S/C10H13Br2N3/c1-7-9(12)3-2-4-15(7)10-13-5-8(11)6-14-10/h5-7,9H,2-4H2,1H3. The van der Waals surface area contributed by atoms with Gasteiger partial charge in [0.05, 0.1) is 4.47 Å². The molecule has 0 N–H and O–H groups in total. The van der Waals surface area contributed by atoms with Crippen molar-refractivity contribution in [3.8, 4) is 0 Å². The average Bonchev–Trinajstić information content (AvgIpc) is 2.24. The van der Waals surface area contributed by atoms with Crippen LogP contribution in [0.4, 0.5) is 5.95 Å². The van der Waals surface area contributed by atoms with E-state index in [4.69, 9.17) is 0 Å². The average molecular weight is 335 g/mol. The molecule has 5 heteroatoms. The Morgan fingerprint density at radius 3 is 2.73 bits per heavy atom. The van der Waals surface area contributed by atoms with Gasteiger partial charge in [-0.2, -0.15) is 0 Å². The molecule has 1 fully saturated rings. The fourth-order valence-electron chi connectivity index (χ4n) is 1.83. The van der Waals surface area contributed by atoms with Crippen molar-refractivity contribution in [3.63, 3.8) is 0 Å². The highest BCUT2D eigenvalue weighted by Gasteiger charge is 2.27. The van der Waals surface area contributed by atoms with Crippen LogP contribution < -0.4 is 4.90 Å². The third kappa shape index (κ3) is 2.50. The van der Waals surface area contributed by atoms with Crippen molar-refractivity contribution in [1.29, 1.82) is 0 Å². The van der Waals surface area contributed by atoms with Crippen molar-refractivity contribution in [2.45, 2.75) is 30.6 Å². The molecule has 0 saturated carbocycles. The monoisotopic (exact) mass is 333 g/mol. The third-order valence-electron chi connectivity index (χ3n) is 2.76. The van der Waals surface area contributed by atoms with E-state index in [0.29, 0.717) is 10.9 Å². The maximum atomic E-state index is 4.33. The largest absolute Gasteiger partial charge is 0.337 e. The van der Waals surface area contributed by atoms with Gasteiger partial charge in [0.2, 0.25) is 5.95 Å². The molecule has 0 aliphatic carbocycles. The molecule has 1 aliphatic rings.